The number of hydrogen-bond donors (Lipinski definition) is 2. The van der Waals surface area contributed by atoms with E-state index in [2.05, 4.69) is 5.32 Å². The second-order valence-corrected chi connectivity index (χ2v) is 6.22. The predicted octanol–water partition coefficient (Wildman–Crippen LogP) is 2.09. The van der Waals surface area contributed by atoms with Crippen molar-refractivity contribution in [1.82, 2.24) is 5.32 Å². The molecule has 4 nitrogen and oxygen atoms in total. The van der Waals surface area contributed by atoms with Crippen LogP contribution in [0.15, 0.2) is 30.3 Å². The van der Waals surface area contributed by atoms with Crippen LogP contribution in [0.4, 0.5) is 0 Å². The molecule has 0 aliphatic heterocycles. The summed E-state index contributed by atoms with van der Waals surface area (Å²) in [5.74, 6) is 0.0273. The van der Waals surface area contributed by atoms with Gasteiger partial charge in [-0.15, -0.1) is 11.6 Å². The van der Waals surface area contributed by atoms with Crippen molar-refractivity contribution in [1.29, 1.82) is 0 Å². The van der Waals surface area contributed by atoms with Crippen LogP contribution in [0.3, 0.4) is 0 Å². The number of ether oxygens (including phenoxy) is 1. The Morgan fingerprint density at radius 3 is 2.67 bits per heavy atom. The van der Waals surface area contributed by atoms with Crippen molar-refractivity contribution < 1.29 is 14.6 Å². The molecule has 2 N–H and O–H groups in total. The first kappa shape index (κ1) is 16.3. The van der Waals surface area contributed by atoms with E-state index in [0.29, 0.717) is 6.61 Å². The number of carbonyl (C=O) groups excluding carboxylic acids is 1. The number of amides is 1. The number of halogens is 1. The average Bonchev–Trinajstić information content (AvgIpc) is 2.45. The van der Waals surface area contributed by atoms with Crippen LogP contribution in [0.1, 0.15) is 25.3 Å². The molecule has 0 bridgehead atoms. The maximum Gasteiger partial charge on any atom is 0.238 e. The van der Waals surface area contributed by atoms with Gasteiger partial charge in [0.25, 0.3) is 0 Å². The summed E-state index contributed by atoms with van der Waals surface area (Å²) in [6.07, 6.45) is 1.92. The Morgan fingerprint density at radius 1 is 1.43 bits per heavy atom. The molecule has 1 aromatic rings. The van der Waals surface area contributed by atoms with Gasteiger partial charge in [-0.2, -0.15) is 0 Å². The Bertz CT molecular complexity index is 446. The molecule has 1 aromatic carbocycles. The monoisotopic (exact) mass is 311 g/mol. The Labute approximate surface area is 130 Å². The molecule has 0 aromatic heterocycles. The molecule has 0 radical (unpaired) electrons. The molecule has 5 heteroatoms. The van der Waals surface area contributed by atoms with Crippen molar-refractivity contribution >= 4 is 17.5 Å². The maximum absolute atomic E-state index is 11.6. The summed E-state index contributed by atoms with van der Waals surface area (Å²) in [4.78, 5) is 11.6. The van der Waals surface area contributed by atoms with Gasteiger partial charge < -0.3 is 15.2 Å². The lowest BCUT2D eigenvalue weighted by atomic mass is 9.77. The SMILES string of the molecule is CC(Cl)C(=O)NC(CO)C1CC(OCc2ccccc2)C1. The molecular weight excluding hydrogens is 290 g/mol. The molecule has 1 amide bonds. The molecule has 2 atom stereocenters. The fourth-order valence-electron chi connectivity index (χ4n) is 2.47. The van der Waals surface area contributed by atoms with Crippen molar-refractivity contribution in [3.8, 4) is 0 Å². The fourth-order valence-corrected chi connectivity index (χ4v) is 2.53. The quantitative estimate of drug-likeness (QED) is 0.758. The fraction of sp³-hybridized carbons (Fsp3) is 0.562. The number of aliphatic hydroxyl groups excluding tert-OH is 1. The third-order valence-electron chi connectivity index (χ3n) is 3.91. The molecule has 0 heterocycles. The largest absolute Gasteiger partial charge is 0.394 e. The number of rotatable bonds is 7. The predicted molar refractivity (Wildman–Crippen MR) is 82.1 cm³/mol. The van der Waals surface area contributed by atoms with E-state index in [1.165, 1.54) is 0 Å². The van der Waals surface area contributed by atoms with Gasteiger partial charge in [-0.05, 0) is 31.2 Å². The van der Waals surface area contributed by atoms with Crippen molar-refractivity contribution in [3.63, 3.8) is 0 Å². The molecule has 0 spiro atoms. The Hall–Kier alpha value is -1.10. The molecular formula is C16H22ClNO3. The minimum absolute atomic E-state index is 0.0641. The smallest absolute Gasteiger partial charge is 0.238 e. The zero-order chi connectivity index (χ0) is 15.2. The van der Waals surface area contributed by atoms with E-state index in [0.717, 1.165) is 18.4 Å². The molecule has 21 heavy (non-hydrogen) atoms. The minimum atomic E-state index is -0.579. The van der Waals surface area contributed by atoms with Crippen molar-refractivity contribution in [2.24, 2.45) is 5.92 Å². The standard InChI is InChI=1S/C16H22ClNO3/c1-11(17)16(20)18-15(9-19)13-7-14(8-13)21-10-12-5-3-2-4-6-12/h2-6,11,13-15,19H,7-10H2,1H3,(H,18,20). The van der Waals surface area contributed by atoms with Crippen LogP contribution in [0, 0.1) is 5.92 Å². The van der Waals surface area contributed by atoms with Crippen LogP contribution < -0.4 is 5.32 Å². The van der Waals surface area contributed by atoms with Crippen LogP contribution >= 0.6 is 11.6 Å². The highest BCUT2D eigenvalue weighted by Gasteiger charge is 2.36. The highest BCUT2D eigenvalue weighted by atomic mass is 35.5. The highest BCUT2D eigenvalue weighted by molar-refractivity contribution is 6.30. The van der Waals surface area contributed by atoms with E-state index < -0.39 is 5.38 Å². The van der Waals surface area contributed by atoms with E-state index in [-0.39, 0.29) is 30.6 Å². The zero-order valence-electron chi connectivity index (χ0n) is 12.2. The molecule has 1 saturated carbocycles. The summed E-state index contributed by atoms with van der Waals surface area (Å²) in [6, 6.07) is 9.81. The van der Waals surface area contributed by atoms with Crippen LogP contribution in [0.2, 0.25) is 0 Å². The molecule has 0 saturated heterocycles. The first-order valence-electron chi connectivity index (χ1n) is 7.31. The third kappa shape index (κ3) is 4.70. The van der Waals surface area contributed by atoms with Gasteiger partial charge in [-0.3, -0.25) is 4.79 Å². The summed E-state index contributed by atoms with van der Waals surface area (Å²) in [5, 5.41) is 11.6. The van der Waals surface area contributed by atoms with Gasteiger partial charge in [0.05, 0.1) is 25.4 Å². The normalized spacial score (nSPS) is 24.0. The number of benzene rings is 1. The van der Waals surface area contributed by atoms with Crippen LogP contribution in [-0.4, -0.2) is 35.1 Å². The first-order chi connectivity index (χ1) is 10.1. The van der Waals surface area contributed by atoms with Gasteiger partial charge in [0, 0.05) is 0 Å². The lowest BCUT2D eigenvalue weighted by Crippen LogP contribution is -2.50. The lowest BCUT2D eigenvalue weighted by Gasteiger charge is -2.40. The maximum atomic E-state index is 11.6. The molecule has 2 rings (SSSR count). The molecule has 2 unspecified atom stereocenters. The molecule has 1 aliphatic carbocycles. The van der Waals surface area contributed by atoms with Gasteiger partial charge in [0.2, 0.25) is 5.91 Å². The summed E-state index contributed by atoms with van der Waals surface area (Å²) in [7, 11) is 0. The van der Waals surface area contributed by atoms with E-state index in [1.54, 1.807) is 6.92 Å². The van der Waals surface area contributed by atoms with E-state index in [9.17, 15) is 9.90 Å². The number of aliphatic hydroxyl groups is 1. The van der Waals surface area contributed by atoms with Gasteiger partial charge in [0.15, 0.2) is 0 Å². The van der Waals surface area contributed by atoms with E-state index in [4.69, 9.17) is 16.3 Å². The summed E-state index contributed by atoms with van der Waals surface area (Å²) in [5.41, 5.74) is 1.16. The van der Waals surface area contributed by atoms with E-state index in [1.807, 2.05) is 30.3 Å². The summed E-state index contributed by atoms with van der Waals surface area (Å²) in [6.45, 7) is 2.16. The molecule has 116 valence electrons. The topological polar surface area (TPSA) is 58.6 Å². The Morgan fingerprint density at radius 2 is 2.10 bits per heavy atom. The summed E-state index contributed by atoms with van der Waals surface area (Å²) >= 11 is 5.72. The lowest BCUT2D eigenvalue weighted by molar-refractivity contribution is -0.123. The summed E-state index contributed by atoms with van der Waals surface area (Å²) < 4.78 is 5.82. The number of carbonyl (C=O) groups is 1. The first-order valence-corrected chi connectivity index (χ1v) is 7.74. The van der Waals surface area contributed by atoms with Crippen molar-refractivity contribution in [3.05, 3.63) is 35.9 Å². The van der Waals surface area contributed by atoms with Crippen LogP contribution in [0.5, 0.6) is 0 Å². The van der Waals surface area contributed by atoms with E-state index >= 15 is 0 Å². The molecule has 1 fully saturated rings. The number of nitrogens with one attached hydrogen (secondary N) is 1. The number of hydrogen-bond acceptors (Lipinski definition) is 3. The Balaban J connectivity index is 1.71. The van der Waals surface area contributed by atoms with Crippen LogP contribution in [-0.2, 0) is 16.1 Å². The number of alkyl halides is 1. The Kier molecular flexibility index (Phi) is 6.03. The van der Waals surface area contributed by atoms with Crippen molar-refractivity contribution in [2.75, 3.05) is 6.61 Å². The average molecular weight is 312 g/mol. The van der Waals surface area contributed by atoms with Gasteiger partial charge >= 0.3 is 0 Å². The van der Waals surface area contributed by atoms with Gasteiger partial charge in [-0.1, -0.05) is 30.3 Å². The zero-order valence-corrected chi connectivity index (χ0v) is 12.9. The van der Waals surface area contributed by atoms with Gasteiger partial charge in [-0.25, -0.2) is 0 Å². The molecule has 1 aliphatic rings. The second kappa shape index (κ2) is 7.78. The van der Waals surface area contributed by atoms with Crippen LogP contribution in [0.25, 0.3) is 0 Å². The minimum Gasteiger partial charge on any atom is -0.394 e. The van der Waals surface area contributed by atoms with Gasteiger partial charge in [0.1, 0.15) is 5.38 Å². The highest BCUT2D eigenvalue weighted by Crippen LogP contribution is 2.33. The third-order valence-corrected chi connectivity index (χ3v) is 4.11. The van der Waals surface area contributed by atoms with Crippen molar-refractivity contribution in [2.45, 2.75) is 43.9 Å². The second-order valence-electron chi connectivity index (χ2n) is 5.56.